The topological polar surface area (TPSA) is 53.1 Å². The van der Waals surface area contributed by atoms with Gasteiger partial charge in [0.1, 0.15) is 12.0 Å². The quantitative estimate of drug-likeness (QED) is 0.839. The lowest BCUT2D eigenvalue weighted by atomic mass is 10.1. The minimum Gasteiger partial charge on any atom is -0.431 e. The van der Waals surface area contributed by atoms with Gasteiger partial charge in [-0.25, -0.2) is 0 Å². The fraction of sp³-hybridized carbons (Fsp3) is 0.125. The Kier molecular flexibility index (Phi) is 3.66. The molecular weight excluding hydrogens is 307 g/mol. The third kappa shape index (κ3) is 3.11. The van der Waals surface area contributed by atoms with Crippen LogP contribution in [0.5, 0.6) is 0 Å². The van der Waals surface area contributed by atoms with Gasteiger partial charge in [-0.05, 0) is 12.1 Å². The molecule has 0 saturated heterocycles. The van der Waals surface area contributed by atoms with Crippen molar-refractivity contribution < 1.29 is 17.6 Å². The molecule has 1 aliphatic heterocycles. The molecule has 0 saturated carbocycles. The van der Waals surface area contributed by atoms with Gasteiger partial charge >= 0.3 is 12.2 Å². The third-order valence-electron chi connectivity index (χ3n) is 3.27. The molecule has 0 amide bonds. The molecular formula is C16H10F3N3O. The second kappa shape index (κ2) is 5.65. The van der Waals surface area contributed by atoms with E-state index < -0.39 is 11.7 Å². The maximum Gasteiger partial charge on any atom is 0.417 e. The van der Waals surface area contributed by atoms with E-state index in [0.29, 0.717) is 16.8 Å². The van der Waals surface area contributed by atoms with Crippen LogP contribution >= 0.6 is 0 Å². The highest BCUT2D eigenvalue weighted by atomic mass is 19.4. The number of allylic oxidation sites excluding steroid dienone is 2. The lowest BCUT2D eigenvalue weighted by Crippen LogP contribution is -2.24. The molecule has 2 aromatic rings. The molecule has 0 radical (unpaired) electrons. The molecule has 0 atom stereocenters. The first-order valence-electron chi connectivity index (χ1n) is 6.65. The maximum absolute atomic E-state index is 12.7. The van der Waals surface area contributed by atoms with Gasteiger partial charge in [0.25, 0.3) is 0 Å². The van der Waals surface area contributed by atoms with Gasteiger partial charge in [-0.3, -0.25) is 4.90 Å². The summed E-state index contributed by atoms with van der Waals surface area (Å²) in [6, 6.07) is 8.76. The van der Waals surface area contributed by atoms with Gasteiger partial charge in [-0.15, -0.1) is 0 Å². The van der Waals surface area contributed by atoms with E-state index in [1.165, 1.54) is 17.2 Å². The van der Waals surface area contributed by atoms with E-state index in [2.05, 4.69) is 4.98 Å². The Bertz CT molecular complexity index is 810. The van der Waals surface area contributed by atoms with Gasteiger partial charge in [-0.1, -0.05) is 24.3 Å². The molecule has 0 N–H and O–H groups in total. The number of nitriles is 1. The van der Waals surface area contributed by atoms with Crippen molar-refractivity contribution in [1.82, 2.24) is 4.98 Å². The van der Waals surface area contributed by atoms with Gasteiger partial charge in [0.05, 0.1) is 17.2 Å². The summed E-state index contributed by atoms with van der Waals surface area (Å²) < 4.78 is 43.5. The average molecular weight is 317 g/mol. The Morgan fingerprint density at radius 1 is 1.22 bits per heavy atom. The predicted octanol–water partition coefficient (Wildman–Crippen LogP) is 4.04. The zero-order chi connectivity index (χ0) is 16.4. The van der Waals surface area contributed by atoms with Gasteiger partial charge in [0, 0.05) is 18.3 Å². The van der Waals surface area contributed by atoms with Crippen LogP contribution in [0, 0.1) is 11.3 Å². The molecule has 116 valence electrons. The molecule has 0 aliphatic carbocycles. The van der Waals surface area contributed by atoms with Gasteiger partial charge in [0.2, 0.25) is 0 Å². The number of rotatable bonds is 2. The van der Waals surface area contributed by atoms with Crippen LogP contribution in [0.1, 0.15) is 5.56 Å². The zero-order valence-electron chi connectivity index (χ0n) is 11.7. The van der Waals surface area contributed by atoms with Crippen LogP contribution in [0.3, 0.4) is 0 Å². The standard InChI is InChI=1S/C16H10F3N3O/c17-16(18,19)13-2-1-7-22(9-13)15-21-14(10-23-15)12-5-3-11(8-20)4-6-12/h1-6,9-10H,7H2. The van der Waals surface area contributed by atoms with E-state index in [-0.39, 0.29) is 12.6 Å². The van der Waals surface area contributed by atoms with Crippen molar-refractivity contribution >= 4 is 6.01 Å². The normalized spacial score (nSPS) is 14.5. The first-order chi connectivity index (χ1) is 11.0. The van der Waals surface area contributed by atoms with Crippen LogP contribution in [0.15, 0.2) is 58.9 Å². The van der Waals surface area contributed by atoms with Crippen LogP contribution in [-0.4, -0.2) is 17.7 Å². The van der Waals surface area contributed by atoms with Crippen molar-refractivity contribution in [3.8, 4) is 17.3 Å². The van der Waals surface area contributed by atoms with Crippen molar-refractivity contribution in [1.29, 1.82) is 5.26 Å². The lowest BCUT2D eigenvalue weighted by Gasteiger charge is -2.20. The summed E-state index contributed by atoms with van der Waals surface area (Å²) >= 11 is 0. The van der Waals surface area contributed by atoms with Crippen molar-refractivity contribution in [3.05, 3.63) is 60.0 Å². The van der Waals surface area contributed by atoms with E-state index in [4.69, 9.17) is 9.68 Å². The Morgan fingerprint density at radius 2 is 1.96 bits per heavy atom. The molecule has 1 aliphatic rings. The summed E-state index contributed by atoms with van der Waals surface area (Å²) in [5, 5.41) is 8.77. The van der Waals surface area contributed by atoms with Crippen LogP contribution in [-0.2, 0) is 0 Å². The summed E-state index contributed by atoms with van der Waals surface area (Å²) in [5.74, 6) is 0. The zero-order valence-corrected chi connectivity index (χ0v) is 11.7. The monoisotopic (exact) mass is 317 g/mol. The first-order valence-corrected chi connectivity index (χ1v) is 6.65. The highest BCUT2D eigenvalue weighted by Crippen LogP contribution is 2.31. The number of halogens is 3. The number of anilines is 1. The minimum atomic E-state index is -4.42. The SMILES string of the molecule is N#Cc1ccc(-c2coc(N3C=C(C(F)(F)F)C=CC3)n2)cc1. The minimum absolute atomic E-state index is 0.0791. The van der Waals surface area contributed by atoms with E-state index in [9.17, 15) is 13.2 Å². The molecule has 0 unspecified atom stereocenters. The maximum atomic E-state index is 12.7. The highest BCUT2D eigenvalue weighted by Gasteiger charge is 2.34. The Balaban J connectivity index is 1.86. The molecule has 0 spiro atoms. The van der Waals surface area contributed by atoms with Gasteiger partial charge in [0.15, 0.2) is 0 Å². The molecule has 1 aromatic heterocycles. The molecule has 0 bridgehead atoms. The molecule has 0 fully saturated rings. The molecule has 4 nitrogen and oxygen atoms in total. The summed E-state index contributed by atoms with van der Waals surface area (Å²) in [7, 11) is 0. The fourth-order valence-corrected chi connectivity index (χ4v) is 2.10. The Hall–Kier alpha value is -3.01. The number of oxazole rings is 1. The predicted molar refractivity (Wildman–Crippen MR) is 77.3 cm³/mol. The second-order valence-corrected chi connectivity index (χ2v) is 4.84. The Morgan fingerprint density at radius 3 is 2.61 bits per heavy atom. The third-order valence-corrected chi connectivity index (χ3v) is 3.27. The summed E-state index contributed by atoms with van der Waals surface area (Å²) in [6.07, 6.45) is 0.345. The van der Waals surface area contributed by atoms with Crippen LogP contribution < -0.4 is 4.90 Å². The lowest BCUT2D eigenvalue weighted by molar-refractivity contribution is -0.0885. The van der Waals surface area contributed by atoms with Crippen LogP contribution in [0.25, 0.3) is 11.3 Å². The van der Waals surface area contributed by atoms with E-state index in [1.54, 1.807) is 24.3 Å². The number of nitrogens with zero attached hydrogens (tertiary/aromatic N) is 3. The molecule has 1 aromatic carbocycles. The number of hydrogen-bond donors (Lipinski definition) is 0. The summed E-state index contributed by atoms with van der Waals surface area (Å²) in [5.41, 5.74) is 0.950. The molecule has 7 heteroatoms. The van der Waals surface area contributed by atoms with E-state index >= 15 is 0 Å². The van der Waals surface area contributed by atoms with Gasteiger partial charge < -0.3 is 4.42 Å². The number of benzene rings is 1. The van der Waals surface area contributed by atoms with Crippen LogP contribution in [0.2, 0.25) is 0 Å². The fourth-order valence-electron chi connectivity index (χ4n) is 2.10. The number of alkyl halides is 3. The molecule has 3 rings (SSSR count). The molecule has 23 heavy (non-hydrogen) atoms. The van der Waals surface area contributed by atoms with Crippen molar-refractivity contribution in [2.24, 2.45) is 0 Å². The van der Waals surface area contributed by atoms with E-state index in [0.717, 1.165) is 12.3 Å². The Labute approximate surface area is 129 Å². The van der Waals surface area contributed by atoms with Crippen molar-refractivity contribution in [2.45, 2.75) is 6.18 Å². The van der Waals surface area contributed by atoms with Crippen LogP contribution in [0.4, 0.5) is 19.2 Å². The van der Waals surface area contributed by atoms with Crippen molar-refractivity contribution in [3.63, 3.8) is 0 Å². The van der Waals surface area contributed by atoms with Crippen molar-refractivity contribution in [2.75, 3.05) is 11.4 Å². The average Bonchev–Trinajstić information content (AvgIpc) is 3.04. The largest absolute Gasteiger partial charge is 0.431 e. The summed E-state index contributed by atoms with van der Waals surface area (Å²) in [6.45, 7) is 0.243. The molecule has 2 heterocycles. The summed E-state index contributed by atoms with van der Waals surface area (Å²) in [4.78, 5) is 5.49. The van der Waals surface area contributed by atoms with E-state index in [1.807, 2.05) is 6.07 Å². The smallest absolute Gasteiger partial charge is 0.417 e. The highest BCUT2D eigenvalue weighted by molar-refractivity contribution is 5.61. The second-order valence-electron chi connectivity index (χ2n) is 4.84. The van der Waals surface area contributed by atoms with Gasteiger partial charge in [-0.2, -0.15) is 23.4 Å². The number of aromatic nitrogens is 1. The number of hydrogen-bond acceptors (Lipinski definition) is 4. The first kappa shape index (κ1) is 14.9.